The molecule has 0 radical (unpaired) electrons. The van der Waals surface area contributed by atoms with E-state index in [1.54, 1.807) is 38.1 Å². The third kappa shape index (κ3) is 18.2. The molecule has 8 aliphatic rings. The fraction of sp³-hybridized carbons (Fsp3) is 0.618. The maximum Gasteiger partial charge on any atom is 0.404 e. The summed E-state index contributed by atoms with van der Waals surface area (Å²) in [6, 6.07) is 8.23. The second-order valence-corrected chi connectivity index (χ2v) is 33.1. The molecule has 0 bridgehead atoms. The van der Waals surface area contributed by atoms with Crippen LogP contribution in [0.5, 0.6) is 46.0 Å². The van der Waals surface area contributed by atoms with Gasteiger partial charge < -0.3 is 83.2 Å². The fourth-order valence-electron chi connectivity index (χ4n) is 15.1. The predicted molar refractivity (Wildman–Crippen MR) is 401 cm³/mol. The standard InChI is InChI=1S/C19H26BrNO4.C18H22BrNO6.C18H24BrNO4.C17H22BrNO4.C4H10/c1-11-14(18(22)23-5)10-15(20)17-16(11)24-19(2,25-17)12-6-8-13(9-7-12)21(3)4;1-9-12(16(21)24-3)8-13(19)15-14(9)25-18(2,26-15)10-4-6-11(7-5-10)20-17(22)23;1-10-13(17(21)22)9-14(19)16-15(10)23-18(2,24-16)11-5-7-12(8-6-11)20(3)4;1-9-12(16(20)21-3)8-13(18)15-14(9)22-17(2,23-15)10-4-6-11(19)7-5-10;1-4(2)3/h10,12-13H,6-9H2,1-5H3;8,10-11,20H,4-7H2,1-3H3,(H,22,23);9,11-12H,5-8H2,1-4H3,(H,21,22);8,10-11H,4-7,19H2,1-3H3;4H,1-3H3. The summed E-state index contributed by atoms with van der Waals surface area (Å²) in [7, 11) is 12.6. The Kier molecular flexibility index (Phi) is 27.1. The van der Waals surface area contributed by atoms with Crippen LogP contribution < -0.4 is 48.9 Å². The van der Waals surface area contributed by atoms with Crippen LogP contribution in [0.15, 0.2) is 42.2 Å². The molecule has 0 spiro atoms. The molecule has 0 aromatic heterocycles. The molecular weight excluding hydrogens is 1580 g/mol. The minimum atomic E-state index is -0.990. The minimum absolute atomic E-state index is 0.0319. The smallest absolute Gasteiger partial charge is 0.404 e. The van der Waals surface area contributed by atoms with Crippen molar-refractivity contribution in [2.75, 3.05) is 49.5 Å². The molecule has 0 saturated heterocycles. The topological polar surface area (TPSA) is 272 Å². The zero-order chi connectivity index (χ0) is 75.4. The molecule has 4 heterocycles. The van der Waals surface area contributed by atoms with Gasteiger partial charge in [0.25, 0.3) is 23.1 Å². The van der Waals surface area contributed by atoms with E-state index in [0.29, 0.717) is 111 Å². The Morgan fingerprint density at radius 2 is 0.657 bits per heavy atom. The van der Waals surface area contributed by atoms with Crippen LogP contribution >= 0.6 is 63.7 Å². The van der Waals surface area contributed by atoms with E-state index in [2.05, 4.69) is 128 Å². The lowest BCUT2D eigenvalue weighted by atomic mass is 9.81. The van der Waals surface area contributed by atoms with Crippen molar-refractivity contribution in [3.8, 4) is 46.0 Å². The minimum Gasteiger partial charge on any atom is -0.478 e. The number of methoxy groups -OCH3 is 3. The van der Waals surface area contributed by atoms with Gasteiger partial charge in [-0.1, -0.05) is 20.8 Å². The van der Waals surface area contributed by atoms with Gasteiger partial charge in [-0.2, -0.15) is 0 Å². The van der Waals surface area contributed by atoms with Crippen molar-refractivity contribution in [2.45, 2.75) is 226 Å². The number of carboxylic acids is 1. The second-order valence-electron chi connectivity index (χ2n) is 29.7. The normalized spacial score (nSPS) is 27.7. The van der Waals surface area contributed by atoms with Crippen molar-refractivity contribution in [3.63, 3.8) is 0 Å². The van der Waals surface area contributed by atoms with Crippen LogP contribution in [0.2, 0.25) is 0 Å². The van der Waals surface area contributed by atoms with Crippen molar-refractivity contribution < 1.29 is 86.3 Å². The van der Waals surface area contributed by atoms with Gasteiger partial charge in [0, 0.05) is 97.8 Å². The van der Waals surface area contributed by atoms with E-state index in [0.717, 1.165) is 124 Å². The first-order valence-corrected chi connectivity index (χ1v) is 38.4. The van der Waals surface area contributed by atoms with Crippen LogP contribution in [-0.4, -0.2) is 147 Å². The number of hydrogen-bond acceptors (Lipinski definition) is 19. The molecule has 4 saturated carbocycles. The highest BCUT2D eigenvalue weighted by molar-refractivity contribution is 9.11. The number of amides is 1. The monoisotopic (exact) mass is 1680 g/mol. The summed E-state index contributed by atoms with van der Waals surface area (Å²) in [4.78, 5) is 62.7. The number of ether oxygens (including phenoxy) is 11. The third-order valence-electron chi connectivity index (χ3n) is 21.3. The van der Waals surface area contributed by atoms with Crippen molar-refractivity contribution in [1.82, 2.24) is 15.1 Å². The van der Waals surface area contributed by atoms with E-state index < -0.39 is 41.2 Å². The summed E-state index contributed by atoms with van der Waals surface area (Å²) < 4.78 is 67.0. The Hall–Kier alpha value is -5.77. The Bertz CT molecular complexity index is 3730. The Morgan fingerprint density at radius 1 is 0.431 bits per heavy atom. The van der Waals surface area contributed by atoms with Gasteiger partial charge in [0.2, 0.25) is 0 Å². The van der Waals surface area contributed by atoms with E-state index in [1.807, 2.05) is 41.5 Å². The lowest BCUT2D eigenvalue weighted by Gasteiger charge is -2.39. The summed E-state index contributed by atoms with van der Waals surface area (Å²) in [5, 5.41) is 20.8. The molecular formula is C76H104Br4N4O18. The van der Waals surface area contributed by atoms with Crippen molar-refractivity contribution >= 4 is 93.7 Å². The summed E-state index contributed by atoms with van der Waals surface area (Å²) in [6.45, 7) is 21.6. The van der Waals surface area contributed by atoms with Gasteiger partial charge in [-0.05, 0) is 253 Å². The number of carbonyl (C=O) groups excluding carboxylic acids is 3. The number of nitrogens with one attached hydrogen (secondary N) is 1. The van der Waals surface area contributed by atoms with Crippen LogP contribution in [0.1, 0.15) is 215 Å². The first kappa shape index (κ1) is 81.9. The number of nitrogens with zero attached hydrogens (tertiary/aromatic N) is 2. The molecule has 4 aliphatic carbocycles. The Morgan fingerprint density at radius 3 is 0.892 bits per heavy atom. The van der Waals surface area contributed by atoms with Crippen molar-refractivity contribution in [3.05, 3.63) is 86.7 Å². The second kappa shape index (κ2) is 33.8. The van der Waals surface area contributed by atoms with Crippen molar-refractivity contribution in [2.24, 2.45) is 35.3 Å². The van der Waals surface area contributed by atoms with E-state index in [-0.39, 0.29) is 41.4 Å². The molecule has 102 heavy (non-hydrogen) atoms. The molecule has 564 valence electrons. The molecule has 4 unspecified atom stereocenters. The lowest BCUT2D eigenvalue weighted by Crippen LogP contribution is -2.47. The fourth-order valence-corrected chi connectivity index (χ4v) is 17.0. The molecule has 26 heteroatoms. The van der Waals surface area contributed by atoms with Crippen molar-refractivity contribution in [1.29, 1.82) is 0 Å². The Balaban J connectivity index is 0.000000169. The molecule has 22 nitrogen and oxygen atoms in total. The average molecular weight is 1680 g/mol. The number of nitrogens with two attached hydrogens (primary N) is 1. The lowest BCUT2D eigenvalue weighted by molar-refractivity contribution is -0.123. The highest BCUT2D eigenvalue weighted by Crippen LogP contribution is 2.56. The molecule has 4 aliphatic heterocycles. The third-order valence-corrected chi connectivity index (χ3v) is 23.6. The summed E-state index contributed by atoms with van der Waals surface area (Å²) in [6.07, 6.45) is 14.7. The van der Waals surface area contributed by atoms with E-state index in [1.165, 1.54) is 21.3 Å². The Labute approximate surface area is 634 Å². The molecule has 5 N–H and O–H groups in total. The quantitative estimate of drug-likeness (QED) is 0.0802. The first-order valence-electron chi connectivity index (χ1n) is 35.2. The number of benzene rings is 4. The number of carboxylic acid groups (broad SMARTS) is 2. The molecule has 12 rings (SSSR count). The molecule has 4 atom stereocenters. The highest BCUT2D eigenvalue weighted by atomic mass is 79.9. The molecule has 4 aromatic carbocycles. The van der Waals surface area contributed by atoms with Crippen LogP contribution in [0.4, 0.5) is 4.79 Å². The number of aromatic carboxylic acids is 1. The van der Waals surface area contributed by atoms with Gasteiger partial charge in [-0.25, -0.2) is 24.0 Å². The van der Waals surface area contributed by atoms with Crippen LogP contribution in [-0.2, 0) is 14.2 Å². The van der Waals surface area contributed by atoms with Crippen LogP contribution in [0, 0.1) is 57.3 Å². The van der Waals surface area contributed by atoms with Gasteiger partial charge in [-0.15, -0.1) is 0 Å². The van der Waals surface area contributed by atoms with Gasteiger partial charge >= 0.3 is 30.0 Å². The first-order chi connectivity index (χ1) is 47.8. The number of halogens is 4. The van der Waals surface area contributed by atoms with Gasteiger partial charge in [0.1, 0.15) is 0 Å². The van der Waals surface area contributed by atoms with Gasteiger partial charge in [0.15, 0.2) is 46.0 Å². The zero-order valence-corrected chi connectivity index (χ0v) is 68.6. The average Bonchev–Trinajstić information content (AvgIpc) is 1.63. The van der Waals surface area contributed by atoms with Gasteiger partial charge in [0.05, 0.1) is 61.5 Å². The van der Waals surface area contributed by atoms with E-state index in [9.17, 15) is 29.1 Å². The van der Waals surface area contributed by atoms with Crippen LogP contribution in [0.3, 0.4) is 0 Å². The zero-order valence-electron chi connectivity index (χ0n) is 62.2. The van der Waals surface area contributed by atoms with Gasteiger partial charge in [-0.3, -0.25) is 0 Å². The van der Waals surface area contributed by atoms with E-state index >= 15 is 0 Å². The number of esters is 3. The molecule has 4 fully saturated rings. The summed E-state index contributed by atoms with van der Waals surface area (Å²) in [5.41, 5.74) is 10.5. The summed E-state index contributed by atoms with van der Waals surface area (Å²) >= 11 is 13.9. The maximum atomic E-state index is 12.0. The SMILES string of the molecule is CC(C)C.COC(=O)c1cc(Br)c2c(c1C)OC(C)(C1CCC(N(C)C)CC1)O2.COC(=O)c1cc(Br)c2c(c1C)OC(C)(C1CCC(N)CC1)O2.COC(=O)c1cc(Br)c2c(c1C)OC(C)(C1CCC(NC(=O)O)CC1)O2.Cc1c(C(=O)O)cc(Br)c2c1OC(C)(C1CCC(N(C)C)CC1)O2. The van der Waals surface area contributed by atoms with E-state index in [4.69, 9.17) is 62.9 Å². The highest BCUT2D eigenvalue weighted by Gasteiger charge is 2.52. The largest absolute Gasteiger partial charge is 0.478 e. The molecule has 1 amide bonds. The predicted octanol–water partition coefficient (Wildman–Crippen LogP) is 17.3. The maximum absolute atomic E-state index is 12.0. The summed E-state index contributed by atoms with van der Waals surface area (Å²) in [5.74, 6) is 1.64. The number of rotatable bonds is 11. The van der Waals surface area contributed by atoms with Crippen LogP contribution in [0.25, 0.3) is 0 Å². The molecule has 4 aromatic rings. The number of fused-ring (bicyclic) bond motifs is 4. The number of carbonyl (C=O) groups is 5. The number of hydrogen-bond donors (Lipinski definition) is 4.